The van der Waals surface area contributed by atoms with E-state index < -0.39 is 5.69 Å². The van der Waals surface area contributed by atoms with E-state index in [1.165, 1.54) is 4.57 Å². The number of halogens is 1. The Bertz CT molecular complexity index is 716. The highest BCUT2D eigenvalue weighted by molar-refractivity contribution is 7.10. The third kappa shape index (κ3) is 3.14. The summed E-state index contributed by atoms with van der Waals surface area (Å²) in [6.45, 7) is 5.99. The SMILES string of the molecule is CCCc1c(Cl)[nH]c(=O)n(C(c2cccs2)C(C)C)c1=O. The van der Waals surface area contributed by atoms with Crippen molar-refractivity contribution in [3.63, 3.8) is 0 Å². The Kier molecular flexibility index (Phi) is 5.06. The van der Waals surface area contributed by atoms with Crippen LogP contribution in [0.15, 0.2) is 27.1 Å². The van der Waals surface area contributed by atoms with Gasteiger partial charge in [-0.05, 0) is 23.8 Å². The largest absolute Gasteiger partial charge is 0.330 e. The first-order valence-electron chi connectivity index (χ1n) is 7.04. The van der Waals surface area contributed by atoms with Gasteiger partial charge in [-0.2, -0.15) is 0 Å². The van der Waals surface area contributed by atoms with Crippen LogP contribution in [0.25, 0.3) is 0 Å². The standard InChI is InChI=1S/C15H19ClN2O2S/c1-4-6-10-13(16)17-15(20)18(14(10)19)12(9(2)3)11-7-5-8-21-11/h5,7-9,12H,4,6H2,1-3H3,(H,17,20). The van der Waals surface area contributed by atoms with Crippen LogP contribution in [-0.4, -0.2) is 9.55 Å². The third-order valence-corrected chi connectivity index (χ3v) is 4.69. The maximum absolute atomic E-state index is 12.7. The highest BCUT2D eigenvalue weighted by atomic mass is 35.5. The average molecular weight is 327 g/mol. The van der Waals surface area contributed by atoms with Crippen molar-refractivity contribution in [3.8, 4) is 0 Å². The predicted molar refractivity (Wildman–Crippen MR) is 87.6 cm³/mol. The molecule has 6 heteroatoms. The van der Waals surface area contributed by atoms with E-state index in [0.717, 1.165) is 11.3 Å². The van der Waals surface area contributed by atoms with Crippen LogP contribution < -0.4 is 11.2 Å². The predicted octanol–water partition coefficient (Wildman–Crippen LogP) is 3.45. The van der Waals surface area contributed by atoms with Gasteiger partial charge in [0.15, 0.2) is 0 Å². The van der Waals surface area contributed by atoms with Gasteiger partial charge < -0.3 is 0 Å². The molecule has 4 nitrogen and oxygen atoms in total. The van der Waals surface area contributed by atoms with Crippen LogP contribution >= 0.6 is 22.9 Å². The topological polar surface area (TPSA) is 54.9 Å². The fourth-order valence-corrected chi connectivity index (χ4v) is 3.74. The summed E-state index contributed by atoms with van der Waals surface area (Å²) in [6.07, 6.45) is 1.36. The summed E-state index contributed by atoms with van der Waals surface area (Å²) in [5.41, 5.74) is -0.240. The number of hydrogen-bond donors (Lipinski definition) is 1. The molecule has 2 rings (SSSR count). The quantitative estimate of drug-likeness (QED) is 0.856. The number of nitrogens with one attached hydrogen (secondary N) is 1. The van der Waals surface area contributed by atoms with Gasteiger partial charge in [0.25, 0.3) is 5.56 Å². The molecule has 21 heavy (non-hydrogen) atoms. The minimum absolute atomic E-state index is 0.123. The van der Waals surface area contributed by atoms with Crippen molar-refractivity contribution >= 4 is 22.9 Å². The van der Waals surface area contributed by atoms with Gasteiger partial charge in [0, 0.05) is 4.88 Å². The second kappa shape index (κ2) is 6.62. The van der Waals surface area contributed by atoms with E-state index in [1.54, 1.807) is 11.3 Å². The van der Waals surface area contributed by atoms with Gasteiger partial charge >= 0.3 is 5.69 Å². The Labute approximate surface area is 132 Å². The highest BCUT2D eigenvalue weighted by Crippen LogP contribution is 2.28. The van der Waals surface area contributed by atoms with Gasteiger partial charge in [0.2, 0.25) is 0 Å². The monoisotopic (exact) mass is 326 g/mol. The van der Waals surface area contributed by atoms with Gasteiger partial charge in [-0.1, -0.05) is 44.9 Å². The molecule has 2 heterocycles. The first kappa shape index (κ1) is 16.0. The molecule has 0 fully saturated rings. The number of thiophene rings is 1. The van der Waals surface area contributed by atoms with E-state index in [2.05, 4.69) is 4.98 Å². The molecule has 0 saturated carbocycles. The molecular weight excluding hydrogens is 308 g/mol. The number of aromatic amines is 1. The lowest BCUT2D eigenvalue weighted by Crippen LogP contribution is -2.41. The summed E-state index contributed by atoms with van der Waals surface area (Å²) in [5.74, 6) is 0.123. The second-order valence-electron chi connectivity index (χ2n) is 5.35. The van der Waals surface area contributed by atoms with E-state index >= 15 is 0 Å². The molecule has 1 unspecified atom stereocenters. The zero-order valence-electron chi connectivity index (χ0n) is 12.4. The first-order chi connectivity index (χ1) is 9.97. The zero-order chi connectivity index (χ0) is 15.6. The lowest BCUT2D eigenvalue weighted by atomic mass is 10.0. The molecule has 0 radical (unpaired) electrons. The van der Waals surface area contributed by atoms with E-state index in [0.29, 0.717) is 12.0 Å². The van der Waals surface area contributed by atoms with Crippen molar-refractivity contribution in [1.82, 2.24) is 9.55 Å². The van der Waals surface area contributed by atoms with Crippen LogP contribution in [0.5, 0.6) is 0 Å². The summed E-state index contributed by atoms with van der Waals surface area (Å²) in [6, 6.07) is 3.61. The Hall–Kier alpha value is -1.33. The van der Waals surface area contributed by atoms with Crippen LogP contribution in [0.4, 0.5) is 0 Å². The van der Waals surface area contributed by atoms with Gasteiger partial charge in [0.1, 0.15) is 5.15 Å². The minimum atomic E-state index is -0.447. The summed E-state index contributed by atoms with van der Waals surface area (Å²) in [7, 11) is 0. The number of nitrogens with zero attached hydrogens (tertiary/aromatic N) is 1. The van der Waals surface area contributed by atoms with Crippen molar-refractivity contribution in [1.29, 1.82) is 0 Å². The number of H-pyrrole nitrogens is 1. The number of hydrogen-bond acceptors (Lipinski definition) is 3. The molecule has 0 saturated heterocycles. The van der Waals surface area contributed by atoms with Crippen LogP contribution in [-0.2, 0) is 6.42 Å². The fraction of sp³-hybridized carbons (Fsp3) is 0.467. The third-order valence-electron chi connectivity index (χ3n) is 3.42. The molecule has 0 bridgehead atoms. The lowest BCUT2D eigenvalue weighted by Gasteiger charge is -2.22. The number of aromatic nitrogens is 2. The van der Waals surface area contributed by atoms with Crippen molar-refractivity contribution in [2.24, 2.45) is 5.92 Å². The van der Waals surface area contributed by atoms with E-state index in [1.807, 2.05) is 38.3 Å². The highest BCUT2D eigenvalue weighted by Gasteiger charge is 2.24. The maximum atomic E-state index is 12.7. The Morgan fingerprint density at radius 3 is 2.62 bits per heavy atom. The molecule has 0 aromatic carbocycles. The number of rotatable bonds is 5. The molecule has 1 atom stereocenters. The fourth-order valence-electron chi connectivity index (χ4n) is 2.49. The average Bonchev–Trinajstić information content (AvgIpc) is 2.92. The van der Waals surface area contributed by atoms with Crippen LogP contribution in [0.2, 0.25) is 5.15 Å². The van der Waals surface area contributed by atoms with Crippen LogP contribution in [0.3, 0.4) is 0 Å². The van der Waals surface area contributed by atoms with E-state index in [-0.39, 0.29) is 22.7 Å². The van der Waals surface area contributed by atoms with Crippen LogP contribution in [0, 0.1) is 5.92 Å². The Morgan fingerprint density at radius 1 is 1.38 bits per heavy atom. The smallest absolute Gasteiger partial charge is 0.297 e. The van der Waals surface area contributed by atoms with Crippen molar-refractivity contribution in [2.45, 2.75) is 39.7 Å². The van der Waals surface area contributed by atoms with Crippen LogP contribution in [0.1, 0.15) is 43.7 Å². The molecule has 0 amide bonds. The summed E-state index contributed by atoms with van der Waals surface area (Å²) < 4.78 is 1.31. The molecule has 1 N–H and O–H groups in total. The molecule has 0 aliphatic carbocycles. The molecule has 0 aliphatic rings. The summed E-state index contributed by atoms with van der Waals surface area (Å²) >= 11 is 7.58. The second-order valence-corrected chi connectivity index (χ2v) is 6.71. The van der Waals surface area contributed by atoms with Gasteiger partial charge in [-0.3, -0.25) is 14.3 Å². The van der Waals surface area contributed by atoms with E-state index in [9.17, 15) is 9.59 Å². The molecule has 114 valence electrons. The Morgan fingerprint density at radius 2 is 2.10 bits per heavy atom. The summed E-state index contributed by atoms with van der Waals surface area (Å²) in [5, 5.41) is 2.11. The normalized spacial score (nSPS) is 12.8. The molecular formula is C15H19ClN2O2S. The Balaban J connectivity index is 2.69. The molecule has 2 aromatic heterocycles. The van der Waals surface area contributed by atoms with Gasteiger partial charge in [0.05, 0.1) is 11.6 Å². The van der Waals surface area contributed by atoms with Crippen molar-refractivity contribution in [3.05, 3.63) is 53.9 Å². The van der Waals surface area contributed by atoms with Crippen molar-refractivity contribution in [2.75, 3.05) is 0 Å². The minimum Gasteiger partial charge on any atom is -0.297 e. The molecule has 0 spiro atoms. The lowest BCUT2D eigenvalue weighted by molar-refractivity contribution is 0.415. The summed E-state index contributed by atoms with van der Waals surface area (Å²) in [4.78, 5) is 28.6. The zero-order valence-corrected chi connectivity index (χ0v) is 13.9. The first-order valence-corrected chi connectivity index (χ1v) is 8.29. The van der Waals surface area contributed by atoms with Gasteiger partial charge in [-0.25, -0.2) is 4.79 Å². The maximum Gasteiger partial charge on any atom is 0.330 e. The van der Waals surface area contributed by atoms with E-state index in [4.69, 9.17) is 11.6 Å². The molecule has 0 aliphatic heterocycles. The van der Waals surface area contributed by atoms with Gasteiger partial charge in [-0.15, -0.1) is 11.3 Å². The van der Waals surface area contributed by atoms with Crippen molar-refractivity contribution < 1.29 is 0 Å². The molecule has 2 aromatic rings.